The summed E-state index contributed by atoms with van der Waals surface area (Å²) in [6.45, 7) is 14.7. The van der Waals surface area contributed by atoms with Gasteiger partial charge in [-0.25, -0.2) is 0 Å². The molecule has 1 nitrogen and oxygen atoms in total. The maximum Gasteiger partial charge on any atom is 0.00462 e. The van der Waals surface area contributed by atoms with Crippen molar-refractivity contribution in [1.29, 1.82) is 0 Å². The average molecular weight is 277 g/mol. The van der Waals surface area contributed by atoms with Gasteiger partial charge in [0.1, 0.15) is 0 Å². The maximum absolute atomic E-state index is 6.33. The van der Waals surface area contributed by atoms with Crippen LogP contribution < -0.4 is 5.73 Å². The summed E-state index contributed by atoms with van der Waals surface area (Å²) >= 11 is 0. The molecule has 20 heavy (non-hydrogen) atoms. The highest BCUT2D eigenvalue weighted by atomic mass is 14.6. The average Bonchev–Trinajstić information content (AvgIpc) is 2.65. The third-order valence-electron chi connectivity index (χ3n) is 5.62. The standard InChI is InChI=1S/C19H35N/c1-7-9-11-19(13-20,12-10-8-2)18-16(5)14(3)15(4)17(18)6/h16H,7-13,20H2,1-6H3. The number of rotatable bonds is 8. The number of hydrogen-bond acceptors (Lipinski definition) is 1. The van der Waals surface area contributed by atoms with Crippen LogP contribution in [0.2, 0.25) is 0 Å². The lowest BCUT2D eigenvalue weighted by atomic mass is 9.67. The molecule has 1 atom stereocenters. The molecule has 0 spiro atoms. The van der Waals surface area contributed by atoms with E-state index in [2.05, 4.69) is 41.5 Å². The molecule has 0 aromatic carbocycles. The molecule has 2 N–H and O–H groups in total. The van der Waals surface area contributed by atoms with E-state index in [-0.39, 0.29) is 5.41 Å². The van der Waals surface area contributed by atoms with Gasteiger partial charge in [-0.05, 0) is 50.7 Å². The van der Waals surface area contributed by atoms with Crippen LogP contribution in [-0.4, -0.2) is 6.54 Å². The molecular weight excluding hydrogens is 242 g/mol. The molecule has 1 heteroatoms. The van der Waals surface area contributed by atoms with E-state index in [1.807, 2.05) is 0 Å². The van der Waals surface area contributed by atoms with Gasteiger partial charge in [0.15, 0.2) is 0 Å². The predicted octanol–water partition coefficient (Wildman–Crippen LogP) is 5.61. The zero-order valence-electron chi connectivity index (χ0n) is 14.6. The largest absolute Gasteiger partial charge is 0.330 e. The van der Waals surface area contributed by atoms with Crippen molar-refractivity contribution in [2.24, 2.45) is 17.1 Å². The van der Waals surface area contributed by atoms with Gasteiger partial charge in [-0.15, -0.1) is 0 Å². The van der Waals surface area contributed by atoms with Crippen molar-refractivity contribution in [2.75, 3.05) is 6.54 Å². The summed E-state index contributed by atoms with van der Waals surface area (Å²) in [5.41, 5.74) is 12.8. The first-order chi connectivity index (χ1) is 9.45. The van der Waals surface area contributed by atoms with E-state index in [0.29, 0.717) is 5.92 Å². The summed E-state index contributed by atoms with van der Waals surface area (Å²) in [6.07, 6.45) is 7.64. The van der Waals surface area contributed by atoms with E-state index in [1.165, 1.54) is 49.7 Å². The Morgan fingerprint density at radius 1 is 0.950 bits per heavy atom. The molecule has 0 radical (unpaired) electrons. The fraction of sp³-hybridized carbons (Fsp3) is 0.789. The minimum absolute atomic E-state index is 0.245. The molecule has 0 fully saturated rings. The molecule has 1 aliphatic rings. The summed E-state index contributed by atoms with van der Waals surface area (Å²) < 4.78 is 0. The molecule has 0 saturated carbocycles. The molecule has 0 saturated heterocycles. The lowest BCUT2D eigenvalue weighted by molar-refractivity contribution is 0.273. The van der Waals surface area contributed by atoms with Gasteiger partial charge in [0.2, 0.25) is 0 Å². The van der Waals surface area contributed by atoms with Gasteiger partial charge in [-0.2, -0.15) is 0 Å². The zero-order valence-corrected chi connectivity index (χ0v) is 14.6. The first-order valence-corrected chi connectivity index (χ1v) is 8.54. The summed E-state index contributed by atoms with van der Waals surface area (Å²) in [4.78, 5) is 0. The van der Waals surface area contributed by atoms with Crippen LogP contribution in [0, 0.1) is 11.3 Å². The lowest BCUT2D eigenvalue weighted by Gasteiger charge is -2.38. The number of unbranched alkanes of at least 4 members (excludes halogenated alkanes) is 2. The van der Waals surface area contributed by atoms with Crippen molar-refractivity contribution < 1.29 is 0 Å². The van der Waals surface area contributed by atoms with Gasteiger partial charge >= 0.3 is 0 Å². The lowest BCUT2D eigenvalue weighted by Crippen LogP contribution is -2.35. The number of allylic oxidation sites excluding steroid dienone is 3. The normalized spacial score (nSPS) is 20.2. The van der Waals surface area contributed by atoms with Crippen LogP contribution in [0.1, 0.15) is 80.1 Å². The topological polar surface area (TPSA) is 26.0 Å². The Labute approximate surface area is 126 Å². The zero-order chi connectivity index (χ0) is 15.3. The van der Waals surface area contributed by atoms with Crippen LogP contribution in [0.25, 0.3) is 0 Å². The Bertz CT molecular complexity index is 379. The van der Waals surface area contributed by atoms with Crippen molar-refractivity contribution in [1.82, 2.24) is 0 Å². The second-order valence-electron chi connectivity index (χ2n) is 6.76. The van der Waals surface area contributed by atoms with Crippen LogP contribution in [0.15, 0.2) is 22.3 Å². The Balaban J connectivity index is 3.17. The highest BCUT2D eigenvalue weighted by Gasteiger charge is 2.39. The van der Waals surface area contributed by atoms with E-state index in [4.69, 9.17) is 5.73 Å². The van der Waals surface area contributed by atoms with Crippen LogP contribution in [0.3, 0.4) is 0 Å². The molecule has 1 rings (SSSR count). The van der Waals surface area contributed by atoms with Crippen molar-refractivity contribution >= 4 is 0 Å². The molecular formula is C19H35N. The fourth-order valence-electron chi connectivity index (χ4n) is 3.96. The highest BCUT2D eigenvalue weighted by molar-refractivity contribution is 5.49. The molecule has 1 aliphatic carbocycles. The summed E-state index contributed by atoms with van der Waals surface area (Å²) in [5.74, 6) is 0.590. The smallest absolute Gasteiger partial charge is 0.00462 e. The van der Waals surface area contributed by atoms with Crippen LogP contribution in [0.5, 0.6) is 0 Å². The first kappa shape index (κ1) is 17.5. The Morgan fingerprint density at radius 2 is 1.45 bits per heavy atom. The molecule has 0 aromatic rings. The molecule has 0 heterocycles. The molecule has 116 valence electrons. The van der Waals surface area contributed by atoms with E-state index >= 15 is 0 Å². The van der Waals surface area contributed by atoms with E-state index in [1.54, 1.807) is 11.1 Å². The van der Waals surface area contributed by atoms with Gasteiger partial charge in [0.25, 0.3) is 0 Å². The van der Waals surface area contributed by atoms with E-state index < -0.39 is 0 Å². The number of hydrogen-bond donors (Lipinski definition) is 1. The van der Waals surface area contributed by atoms with Crippen LogP contribution in [0.4, 0.5) is 0 Å². The summed E-state index contributed by atoms with van der Waals surface area (Å²) in [7, 11) is 0. The van der Waals surface area contributed by atoms with Gasteiger partial charge in [0.05, 0.1) is 0 Å². The molecule has 0 aromatic heterocycles. The number of nitrogens with two attached hydrogens (primary N) is 1. The third-order valence-corrected chi connectivity index (χ3v) is 5.62. The van der Waals surface area contributed by atoms with Crippen molar-refractivity contribution in [3.63, 3.8) is 0 Å². The Hall–Kier alpha value is -0.560. The fourth-order valence-corrected chi connectivity index (χ4v) is 3.96. The third kappa shape index (κ3) is 3.19. The van der Waals surface area contributed by atoms with Gasteiger partial charge in [-0.3, -0.25) is 0 Å². The first-order valence-electron chi connectivity index (χ1n) is 8.54. The van der Waals surface area contributed by atoms with Gasteiger partial charge in [0, 0.05) is 12.0 Å². The molecule has 0 aliphatic heterocycles. The van der Waals surface area contributed by atoms with Crippen molar-refractivity contribution in [3.8, 4) is 0 Å². The van der Waals surface area contributed by atoms with Crippen LogP contribution in [-0.2, 0) is 0 Å². The van der Waals surface area contributed by atoms with Crippen molar-refractivity contribution in [3.05, 3.63) is 22.3 Å². The minimum atomic E-state index is 0.245. The minimum Gasteiger partial charge on any atom is -0.330 e. The second kappa shape index (κ2) is 7.45. The highest BCUT2D eigenvalue weighted by Crippen LogP contribution is 2.50. The molecule has 1 unspecified atom stereocenters. The molecule has 0 bridgehead atoms. The quantitative estimate of drug-likeness (QED) is 0.612. The van der Waals surface area contributed by atoms with Crippen LogP contribution >= 0.6 is 0 Å². The predicted molar refractivity (Wildman–Crippen MR) is 90.8 cm³/mol. The second-order valence-corrected chi connectivity index (χ2v) is 6.76. The summed E-state index contributed by atoms with van der Waals surface area (Å²) in [5, 5.41) is 0. The SMILES string of the molecule is CCCCC(CN)(CCCC)C1=C(C)C(C)=C(C)C1C. The Morgan fingerprint density at radius 3 is 1.75 bits per heavy atom. The molecule has 0 amide bonds. The summed E-state index contributed by atoms with van der Waals surface area (Å²) in [6, 6.07) is 0. The monoisotopic (exact) mass is 277 g/mol. The van der Waals surface area contributed by atoms with Gasteiger partial charge in [-0.1, -0.05) is 57.6 Å². The maximum atomic E-state index is 6.33. The Kier molecular flexibility index (Phi) is 6.51. The van der Waals surface area contributed by atoms with E-state index in [0.717, 1.165) is 6.54 Å². The van der Waals surface area contributed by atoms with E-state index in [9.17, 15) is 0 Å². The van der Waals surface area contributed by atoms with Crippen molar-refractivity contribution in [2.45, 2.75) is 80.1 Å². The van der Waals surface area contributed by atoms with Gasteiger partial charge < -0.3 is 5.73 Å².